The van der Waals surface area contributed by atoms with E-state index in [1.807, 2.05) is 6.07 Å². The lowest BCUT2D eigenvalue weighted by Crippen LogP contribution is -2.23. The number of carbonyl (C=O) groups is 1. The molecule has 2 aromatic carbocycles. The van der Waals surface area contributed by atoms with Crippen LogP contribution in [-0.2, 0) is 12.7 Å². The molecule has 0 aromatic heterocycles. The van der Waals surface area contributed by atoms with Crippen LogP contribution in [0.1, 0.15) is 21.5 Å². The highest BCUT2D eigenvalue weighted by atomic mass is 19.4. The van der Waals surface area contributed by atoms with Gasteiger partial charge in [0.15, 0.2) is 0 Å². The molecule has 0 atom stereocenters. The first-order valence-corrected chi connectivity index (χ1v) is 6.04. The van der Waals surface area contributed by atoms with Gasteiger partial charge in [0.2, 0.25) is 0 Å². The van der Waals surface area contributed by atoms with Crippen molar-refractivity contribution in [2.24, 2.45) is 0 Å². The standard InChI is InChI=1S/C15H10F3NO/c16-15(17,18)11-5-3-6-12(8-11)19-9-10-4-1-2-7-13(10)14(19)20/h1-8H,9H2. The van der Waals surface area contributed by atoms with Crippen molar-refractivity contribution < 1.29 is 18.0 Å². The Hall–Kier alpha value is -2.30. The lowest BCUT2D eigenvalue weighted by Gasteiger charge is -2.17. The van der Waals surface area contributed by atoms with Gasteiger partial charge in [0.1, 0.15) is 0 Å². The molecule has 1 heterocycles. The van der Waals surface area contributed by atoms with Crippen LogP contribution >= 0.6 is 0 Å². The van der Waals surface area contributed by atoms with Crippen LogP contribution in [0.15, 0.2) is 48.5 Å². The third-order valence-electron chi connectivity index (χ3n) is 3.31. The molecule has 0 N–H and O–H groups in total. The number of nitrogens with zero attached hydrogens (tertiary/aromatic N) is 1. The third kappa shape index (κ3) is 2.05. The summed E-state index contributed by atoms with van der Waals surface area (Å²) in [5.74, 6) is -0.264. The highest BCUT2D eigenvalue weighted by Gasteiger charge is 2.33. The first-order chi connectivity index (χ1) is 9.47. The maximum atomic E-state index is 12.7. The summed E-state index contributed by atoms with van der Waals surface area (Å²) in [4.78, 5) is 13.6. The van der Waals surface area contributed by atoms with E-state index in [1.54, 1.807) is 18.2 Å². The first kappa shape index (κ1) is 12.7. The molecule has 2 aromatic rings. The van der Waals surface area contributed by atoms with Crippen molar-refractivity contribution in [1.29, 1.82) is 0 Å². The average molecular weight is 277 g/mol. The molecule has 0 saturated heterocycles. The van der Waals surface area contributed by atoms with Crippen molar-refractivity contribution in [1.82, 2.24) is 0 Å². The van der Waals surface area contributed by atoms with Crippen molar-refractivity contribution in [3.63, 3.8) is 0 Å². The van der Waals surface area contributed by atoms with E-state index < -0.39 is 11.7 Å². The van der Waals surface area contributed by atoms with Gasteiger partial charge in [-0.25, -0.2) is 0 Å². The normalized spacial score (nSPS) is 14.6. The van der Waals surface area contributed by atoms with E-state index in [0.29, 0.717) is 12.1 Å². The Bertz CT molecular complexity index is 679. The molecule has 20 heavy (non-hydrogen) atoms. The summed E-state index contributed by atoms with van der Waals surface area (Å²) in [5, 5.41) is 0. The summed E-state index contributed by atoms with van der Waals surface area (Å²) >= 11 is 0. The smallest absolute Gasteiger partial charge is 0.304 e. The van der Waals surface area contributed by atoms with Crippen molar-refractivity contribution in [2.45, 2.75) is 12.7 Å². The molecule has 0 bridgehead atoms. The van der Waals surface area contributed by atoms with Gasteiger partial charge in [-0.3, -0.25) is 4.79 Å². The number of hydrogen-bond donors (Lipinski definition) is 0. The molecule has 3 rings (SSSR count). The number of fused-ring (bicyclic) bond motifs is 1. The molecule has 2 nitrogen and oxygen atoms in total. The molecule has 0 unspecified atom stereocenters. The molecule has 1 amide bonds. The minimum absolute atomic E-state index is 0.264. The summed E-state index contributed by atoms with van der Waals surface area (Å²) in [5.41, 5.74) is 0.889. The number of benzene rings is 2. The van der Waals surface area contributed by atoms with Gasteiger partial charge in [-0.05, 0) is 29.8 Å². The summed E-state index contributed by atoms with van der Waals surface area (Å²) in [6.45, 7) is 0.302. The van der Waals surface area contributed by atoms with Crippen molar-refractivity contribution in [2.75, 3.05) is 4.90 Å². The number of anilines is 1. The Morgan fingerprint density at radius 1 is 1.00 bits per heavy atom. The van der Waals surface area contributed by atoms with E-state index in [0.717, 1.165) is 17.7 Å². The Morgan fingerprint density at radius 3 is 2.45 bits per heavy atom. The van der Waals surface area contributed by atoms with E-state index in [1.165, 1.54) is 17.0 Å². The molecule has 0 spiro atoms. The van der Waals surface area contributed by atoms with Gasteiger partial charge in [0, 0.05) is 11.3 Å². The van der Waals surface area contributed by atoms with Crippen LogP contribution in [0.25, 0.3) is 0 Å². The zero-order chi connectivity index (χ0) is 14.3. The summed E-state index contributed by atoms with van der Waals surface area (Å²) in [6, 6.07) is 11.9. The molecule has 5 heteroatoms. The van der Waals surface area contributed by atoms with Crippen LogP contribution in [0, 0.1) is 0 Å². The van der Waals surface area contributed by atoms with E-state index in [9.17, 15) is 18.0 Å². The molecule has 0 fully saturated rings. The van der Waals surface area contributed by atoms with E-state index in [2.05, 4.69) is 0 Å². The lowest BCUT2D eigenvalue weighted by atomic mass is 10.1. The summed E-state index contributed by atoms with van der Waals surface area (Å²) in [6.07, 6.45) is -4.41. The van der Waals surface area contributed by atoms with E-state index in [4.69, 9.17) is 0 Å². The SMILES string of the molecule is O=C1c2ccccc2CN1c1cccc(C(F)(F)F)c1. The summed E-state index contributed by atoms with van der Waals surface area (Å²) in [7, 11) is 0. The van der Waals surface area contributed by atoms with Crippen LogP contribution < -0.4 is 4.90 Å². The van der Waals surface area contributed by atoms with Gasteiger partial charge in [-0.2, -0.15) is 13.2 Å². The third-order valence-corrected chi connectivity index (χ3v) is 3.31. The summed E-state index contributed by atoms with van der Waals surface area (Å²) < 4.78 is 38.1. The number of carbonyl (C=O) groups excluding carboxylic acids is 1. The molecule has 0 saturated carbocycles. The molecule has 0 radical (unpaired) electrons. The van der Waals surface area contributed by atoms with Gasteiger partial charge < -0.3 is 4.90 Å². The molecule has 1 aliphatic heterocycles. The molecule has 1 aliphatic rings. The number of halogens is 3. The zero-order valence-corrected chi connectivity index (χ0v) is 10.3. The number of amides is 1. The molecular formula is C15H10F3NO. The fraction of sp³-hybridized carbons (Fsp3) is 0.133. The number of alkyl halides is 3. The van der Waals surface area contributed by atoms with Crippen LogP contribution in [0.4, 0.5) is 18.9 Å². The van der Waals surface area contributed by atoms with Gasteiger partial charge in [0.25, 0.3) is 5.91 Å². The largest absolute Gasteiger partial charge is 0.416 e. The fourth-order valence-corrected chi connectivity index (χ4v) is 2.31. The van der Waals surface area contributed by atoms with Gasteiger partial charge >= 0.3 is 6.18 Å². The Morgan fingerprint density at radius 2 is 1.75 bits per heavy atom. The van der Waals surface area contributed by atoms with Gasteiger partial charge in [0.05, 0.1) is 12.1 Å². The fourth-order valence-electron chi connectivity index (χ4n) is 2.31. The van der Waals surface area contributed by atoms with Crippen LogP contribution in [0.3, 0.4) is 0 Å². The predicted molar refractivity (Wildman–Crippen MR) is 68.4 cm³/mol. The second kappa shape index (κ2) is 4.37. The minimum atomic E-state index is -4.41. The first-order valence-electron chi connectivity index (χ1n) is 6.04. The van der Waals surface area contributed by atoms with Gasteiger partial charge in [-0.1, -0.05) is 24.3 Å². The molecule has 0 aliphatic carbocycles. The predicted octanol–water partition coefficient (Wildman–Crippen LogP) is 3.87. The quantitative estimate of drug-likeness (QED) is 0.775. The number of rotatable bonds is 1. The van der Waals surface area contributed by atoms with Crippen molar-refractivity contribution in [3.8, 4) is 0 Å². The zero-order valence-electron chi connectivity index (χ0n) is 10.3. The minimum Gasteiger partial charge on any atom is -0.304 e. The molecular weight excluding hydrogens is 267 g/mol. The maximum Gasteiger partial charge on any atom is 0.416 e. The Labute approximate surface area is 113 Å². The molecule has 102 valence electrons. The monoisotopic (exact) mass is 277 g/mol. The van der Waals surface area contributed by atoms with E-state index >= 15 is 0 Å². The van der Waals surface area contributed by atoms with Crippen molar-refractivity contribution in [3.05, 3.63) is 65.2 Å². The Kier molecular flexibility index (Phi) is 2.78. The number of hydrogen-bond acceptors (Lipinski definition) is 1. The maximum absolute atomic E-state index is 12.7. The van der Waals surface area contributed by atoms with Gasteiger partial charge in [-0.15, -0.1) is 0 Å². The lowest BCUT2D eigenvalue weighted by molar-refractivity contribution is -0.137. The van der Waals surface area contributed by atoms with E-state index in [-0.39, 0.29) is 11.6 Å². The van der Waals surface area contributed by atoms with Crippen LogP contribution in [0.2, 0.25) is 0 Å². The van der Waals surface area contributed by atoms with Crippen molar-refractivity contribution >= 4 is 11.6 Å². The average Bonchev–Trinajstić information content (AvgIpc) is 2.76. The van der Waals surface area contributed by atoms with Crippen LogP contribution in [0.5, 0.6) is 0 Å². The second-order valence-electron chi connectivity index (χ2n) is 4.60. The second-order valence-corrected chi connectivity index (χ2v) is 4.60. The topological polar surface area (TPSA) is 20.3 Å². The van der Waals surface area contributed by atoms with Crippen LogP contribution in [-0.4, -0.2) is 5.91 Å². The highest BCUT2D eigenvalue weighted by molar-refractivity contribution is 6.10. The Balaban J connectivity index is 1.98. The highest BCUT2D eigenvalue weighted by Crippen LogP contribution is 2.34.